The van der Waals surface area contributed by atoms with E-state index in [2.05, 4.69) is 10.2 Å². The summed E-state index contributed by atoms with van der Waals surface area (Å²) in [6.45, 7) is 2.95. The van der Waals surface area contributed by atoms with Gasteiger partial charge in [0.25, 0.3) is 5.91 Å². The van der Waals surface area contributed by atoms with Crippen molar-refractivity contribution in [1.82, 2.24) is 15.1 Å². The van der Waals surface area contributed by atoms with Crippen molar-refractivity contribution in [3.63, 3.8) is 0 Å². The van der Waals surface area contributed by atoms with Crippen LogP contribution in [0.3, 0.4) is 0 Å². The van der Waals surface area contributed by atoms with Crippen LogP contribution in [0.2, 0.25) is 0 Å². The smallest absolute Gasteiger partial charge is 0.288 e. The molecule has 8 nitrogen and oxygen atoms in total. The Morgan fingerprint density at radius 3 is 2.32 bits per heavy atom. The van der Waals surface area contributed by atoms with Crippen LogP contribution in [-0.4, -0.2) is 80.4 Å². The maximum atomic E-state index is 12.3. The van der Waals surface area contributed by atoms with Crippen molar-refractivity contribution in [2.75, 3.05) is 46.9 Å². The maximum absolute atomic E-state index is 12.3. The zero-order chi connectivity index (χ0) is 20.1. The van der Waals surface area contributed by atoms with Crippen molar-refractivity contribution in [1.29, 1.82) is 0 Å². The summed E-state index contributed by atoms with van der Waals surface area (Å²) in [5, 5.41) is 2.45. The largest absolute Gasteiger partial charge is 0.493 e. The number of carbonyl (C=O) groups is 3. The standard InChI is InChI=1S/C20H27N3O5/c1-27-17-6-3-14(12-18(17)28-2)11-16(24)20(26)21-13-19(25)23-9-7-22(8-10-23)15-4-5-15/h3,6,12,15H,4-5,7-11,13H2,1-2H3,(H,21,26). The predicted octanol–water partition coefficient (Wildman–Crippen LogP) is 0.238. The zero-order valence-corrected chi connectivity index (χ0v) is 16.4. The molecule has 1 aromatic rings. The van der Waals surface area contributed by atoms with Gasteiger partial charge >= 0.3 is 0 Å². The van der Waals surface area contributed by atoms with Crippen molar-refractivity contribution in [3.05, 3.63) is 23.8 Å². The van der Waals surface area contributed by atoms with Crippen LogP contribution in [-0.2, 0) is 20.8 Å². The third-order valence-electron chi connectivity index (χ3n) is 5.20. The first kappa shape index (κ1) is 20.1. The van der Waals surface area contributed by atoms with Gasteiger partial charge in [-0.05, 0) is 30.5 Å². The lowest BCUT2D eigenvalue weighted by atomic mass is 10.1. The average Bonchev–Trinajstić information content (AvgIpc) is 3.57. The van der Waals surface area contributed by atoms with Crippen molar-refractivity contribution in [2.45, 2.75) is 25.3 Å². The zero-order valence-electron chi connectivity index (χ0n) is 16.4. The number of methoxy groups -OCH3 is 2. The fourth-order valence-electron chi connectivity index (χ4n) is 3.40. The third-order valence-corrected chi connectivity index (χ3v) is 5.20. The molecule has 2 amide bonds. The molecule has 2 fully saturated rings. The van der Waals surface area contributed by atoms with E-state index in [0.29, 0.717) is 36.2 Å². The molecule has 152 valence electrons. The van der Waals surface area contributed by atoms with Gasteiger partial charge in [-0.2, -0.15) is 0 Å². The van der Waals surface area contributed by atoms with E-state index in [9.17, 15) is 14.4 Å². The van der Waals surface area contributed by atoms with E-state index in [4.69, 9.17) is 9.47 Å². The second-order valence-corrected chi connectivity index (χ2v) is 7.12. The van der Waals surface area contributed by atoms with Crippen LogP contribution < -0.4 is 14.8 Å². The number of amides is 2. The van der Waals surface area contributed by atoms with Gasteiger partial charge in [0.15, 0.2) is 11.5 Å². The number of hydrogen-bond donors (Lipinski definition) is 1. The van der Waals surface area contributed by atoms with Gasteiger partial charge < -0.3 is 19.7 Å². The Morgan fingerprint density at radius 1 is 1.04 bits per heavy atom. The quantitative estimate of drug-likeness (QED) is 0.641. The molecule has 3 rings (SSSR count). The Hall–Kier alpha value is -2.61. The Morgan fingerprint density at radius 2 is 1.71 bits per heavy atom. The molecular weight excluding hydrogens is 362 g/mol. The van der Waals surface area contributed by atoms with Crippen LogP contribution >= 0.6 is 0 Å². The fraction of sp³-hybridized carbons (Fsp3) is 0.550. The number of Topliss-reactive ketones (excluding diaryl/α,β-unsaturated/α-hetero) is 1. The number of nitrogens with zero attached hydrogens (tertiary/aromatic N) is 2. The molecule has 0 aromatic heterocycles. The summed E-state index contributed by atoms with van der Waals surface area (Å²) in [5.74, 6) is -0.453. The number of rotatable bonds is 8. The summed E-state index contributed by atoms with van der Waals surface area (Å²) < 4.78 is 10.4. The summed E-state index contributed by atoms with van der Waals surface area (Å²) in [7, 11) is 3.03. The van der Waals surface area contributed by atoms with Gasteiger partial charge in [-0.1, -0.05) is 6.07 Å². The summed E-state index contributed by atoms with van der Waals surface area (Å²) in [5.41, 5.74) is 0.639. The molecule has 1 aromatic carbocycles. The summed E-state index contributed by atoms with van der Waals surface area (Å²) in [6.07, 6.45) is 2.44. The second kappa shape index (κ2) is 9.05. The van der Waals surface area contributed by atoms with Crippen LogP contribution in [0.4, 0.5) is 0 Å². The molecule has 8 heteroatoms. The van der Waals surface area contributed by atoms with Crippen molar-refractivity contribution >= 4 is 17.6 Å². The molecule has 1 N–H and O–H groups in total. The Labute approximate surface area is 164 Å². The molecule has 28 heavy (non-hydrogen) atoms. The molecule has 1 aliphatic heterocycles. The van der Waals surface area contributed by atoms with Gasteiger partial charge in [-0.3, -0.25) is 19.3 Å². The number of ether oxygens (including phenoxy) is 2. The first-order chi connectivity index (χ1) is 13.5. The highest BCUT2D eigenvalue weighted by Crippen LogP contribution is 2.28. The number of ketones is 1. The minimum absolute atomic E-state index is 0.0690. The Balaban J connectivity index is 1.44. The van der Waals surface area contributed by atoms with Crippen molar-refractivity contribution in [3.8, 4) is 11.5 Å². The molecule has 0 unspecified atom stereocenters. The maximum Gasteiger partial charge on any atom is 0.288 e. The first-order valence-corrected chi connectivity index (χ1v) is 9.55. The lowest BCUT2D eigenvalue weighted by molar-refractivity contribution is -0.139. The summed E-state index contributed by atoms with van der Waals surface area (Å²) in [4.78, 5) is 40.7. The molecule has 1 saturated heterocycles. The topological polar surface area (TPSA) is 88.2 Å². The lowest BCUT2D eigenvalue weighted by Crippen LogP contribution is -2.52. The van der Waals surface area contributed by atoms with E-state index in [0.717, 1.165) is 13.1 Å². The number of nitrogens with one attached hydrogen (secondary N) is 1. The minimum Gasteiger partial charge on any atom is -0.493 e. The van der Waals surface area contributed by atoms with E-state index in [-0.39, 0.29) is 18.9 Å². The third kappa shape index (κ3) is 5.01. The van der Waals surface area contributed by atoms with Gasteiger partial charge in [0.05, 0.1) is 20.8 Å². The average molecular weight is 389 g/mol. The highest BCUT2D eigenvalue weighted by molar-refractivity contribution is 6.36. The van der Waals surface area contributed by atoms with Gasteiger partial charge in [0.1, 0.15) is 0 Å². The number of carbonyl (C=O) groups excluding carboxylic acids is 3. The van der Waals surface area contributed by atoms with E-state index in [1.165, 1.54) is 27.1 Å². The Bertz CT molecular complexity index is 739. The van der Waals surface area contributed by atoms with Crippen LogP contribution in [0.15, 0.2) is 18.2 Å². The van der Waals surface area contributed by atoms with Crippen LogP contribution in [0.5, 0.6) is 11.5 Å². The number of piperazine rings is 1. The molecular formula is C20H27N3O5. The van der Waals surface area contributed by atoms with E-state index in [1.807, 2.05) is 0 Å². The highest BCUT2D eigenvalue weighted by atomic mass is 16.5. The van der Waals surface area contributed by atoms with E-state index < -0.39 is 11.7 Å². The highest BCUT2D eigenvalue weighted by Gasteiger charge is 2.32. The summed E-state index contributed by atoms with van der Waals surface area (Å²) in [6, 6.07) is 5.75. The second-order valence-electron chi connectivity index (χ2n) is 7.12. The van der Waals surface area contributed by atoms with E-state index >= 15 is 0 Å². The number of benzene rings is 1. The first-order valence-electron chi connectivity index (χ1n) is 9.55. The molecule has 1 aliphatic carbocycles. The molecule has 2 aliphatic rings. The monoisotopic (exact) mass is 389 g/mol. The summed E-state index contributed by atoms with van der Waals surface area (Å²) >= 11 is 0. The van der Waals surface area contributed by atoms with Gasteiger partial charge in [0, 0.05) is 38.6 Å². The van der Waals surface area contributed by atoms with Gasteiger partial charge in [0.2, 0.25) is 11.7 Å². The fourth-order valence-corrected chi connectivity index (χ4v) is 3.40. The molecule has 0 bridgehead atoms. The van der Waals surface area contributed by atoms with Gasteiger partial charge in [-0.25, -0.2) is 0 Å². The molecule has 0 spiro atoms. The van der Waals surface area contributed by atoms with Crippen LogP contribution in [0.1, 0.15) is 18.4 Å². The van der Waals surface area contributed by atoms with Crippen LogP contribution in [0, 0.1) is 0 Å². The molecule has 1 heterocycles. The van der Waals surface area contributed by atoms with Gasteiger partial charge in [-0.15, -0.1) is 0 Å². The molecule has 0 radical (unpaired) electrons. The Kier molecular flexibility index (Phi) is 6.51. The normalized spacial score (nSPS) is 17.1. The molecule has 1 saturated carbocycles. The van der Waals surface area contributed by atoms with Crippen LogP contribution in [0.25, 0.3) is 0 Å². The number of hydrogen-bond acceptors (Lipinski definition) is 6. The SMILES string of the molecule is COc1ccc(CC(=O)C(=O)NCC(=O)N2CCN(C3CC3)CC2)cc1OC. The van der Waals surface area contributed by atoms with Crippen molar-refractivity contribution in [2.24, 2.45) is 0 Å². The lowest BCUT2D eigenvalue weighted by Gasteiger charge is -2.34. The van der Waals surface area contributed by atoms with E-state index in [1.54, 1.807) is 23.1 Å². The predicted molar refractivity (Wildman–Crippen MR) is 102 cm³/mol. The van der Waals surface area contributed by atoms with Crippen molar-refractivity contribution < 1.29 is 23.9 Å². The minimum atomic E-state index is -0.750. The molecule has 0 atom stereocenters.